The zero-order valence-corrected chi connectivity index (χ0v) is 9.46. The summed E-state index contributed by atoms with van der Waals surface area (Å²) in [4.78, 5) is 10.4. The Morgan fingerprint density at radius 1 is 1.26 bits per heavy atom. The Hall–Kier alpha value is -2.38. The van der Waals surface area contributed by atoms with Crippen molar-refractivity contribution in [3.63, 3.8) is 0 Å². The van der Waals surface area contributed by atoms with Crippen LogP contribution in [0.2, 0.25) is 0 Å². The first-order chi connectivity index (χ1) is 8.96. The van der Waals surface area contributed by atoms with E-state index in [1.54, 1.807) is 0 Å². The van der Waals surface area contributed by atoms with Crippen LogP contribution in [0, 0.1) is 0 Å². The van der Waals surface area contributed by atoms with E-state index in [1.165, 1.54) is 35.1 Å². The van der Waals surface area contributed by atoms with E-state index in [-0.39, 0.29) is 11.4 Å². The summed E-state index contributed by atoms with van der Waals surface area (Å²) in [5, 5.41) is 7.26. The number of carbonyl (C=O) groups is 1. The molecule has 100 valence electrons. The lowest BCUT2D eigenvalue weighted by molar-refractivity contribution is -0.274. The lowest BCUT2D eigenvalue weighted by Crippen LogP contribution is -2.17. The van der Waals surface area contributed by atoms with E-state index >= 15 is 0 Å². The van der Waals surface area contributed by atoms with Gasteiger partial charge in [0.1, 0.15) is 11.4 Å². The molecule has 5 nitrogen and oxygen atoms in total. The van der Waals surface area contributed by atoms with Gasteiger partial charge in [0.2, 0.25) is 0 Å². The number of nitrogens with zero attached hydrogens (tertiary/aromatic N) is 3. The fraction of sp³-hybridized carbons (Fsp3) is 0.182. The minimum atomic E-state index is -4.70. The summed E-state index contributed by atoms with van der Waals surface area (Å²) in [6.07, 6.45) is -2.71. The van der Waals surface area contributed by atoms with Gasteiger partial charge in [-0.2, -0.15) is 0 Å². The maximum absolute atomic E-state index is 12.0. The van der Waals surface area contributed by atoms with Crippen LogP contribution in [-0.2, 0) is 6.54 Å². The van der Waals surface area contributed by atoms with Crippen molar-refractivity contribution in [2.45, 2.75) is 12.9 Å². The van der Waals surface area contributed by atoms with E-state index in [1.807, 2.05) is 0 Å². The number of carbonyl (C=O) groups excluding carboxylic acids is 1. The van der Waals surface area contributed by atoms with Gasteiger partial charge >= 0.3 is 6.36 Å². The van der Waals surface area contributed by atoms with Crippen LogP contribution in [0.4, 0.5) is 13.2 Å². The average Bonchev–Trinajstić information content (AvgIpc) is 2.77. The van der Waals surface area contributed by atoms with Gasteiger partial charge in [0.25, 0.3) is 0 Å². The largest absolute Gasteiger partial charge is 0.573 e. The standard InChI is InChI=1S/C11H8F3N3O2/c12-11(13,14)19-10-3-1-8(2-4-10)5-17-6-9(7-18)15-16-17/h1-4,6-7H,5H2. The zero-order chi connectivity index (χ0) is 13.9. The van der Waals surface area contributed by atoms with E-state index in [0.29, 0.717) is 18.4 Å². The predicted molar refractivity (Wildman–Crippen MR) is 57.6 cm³/mol. The monoisotopic (exact) mass is 271 g/mol. The first kappa shape index (κ1) is 13.1. The zero-order valence-electron chi connectivity index (χ0n) is 9.46. The average molecular weight is 271 g/mol. The van der Waals surface area contributed by atoms with Gasteiger partial charge in [-0.1, -0.05) is 17.3 Å². The molecule has 0 amide bonds. The molecule has 0 bridgehead atoms. The van der Waals surface area contributed by atoms with Crippen molar-refractivity contribution in [2.75, 3.05) is 0 Å². The molecular formula is C11H8F3N3O2. The number of hydrogen-bond acceptors (Lipinski definition) is 4. The highest BCUT2D eigenvalue weighted by molar-refractivity contribution is 5.70. The molecule has 1 aromatic carbocycles. The van der Waals surface area contributed by atoms with Crippen molar-refractivity contribution in [3.8, 4) is 5.75 Å². The molecule has 0 aliphatic rings. The lowest BCUT2D eigenvalue weighted by Gasteiger charge is -2.09. The highest BCUT2D eigenvalue weighted by Gasteiger charge is 2.30. The summed E-state index contributed by atoms with van der Waals surface area (Å²) < 4.78 is 41.0. The second kappa shape index (κ2) is 5.09. The Morgan fingerprint density at radius 2 is 1.95 bits per heavy atom. The van der Waals surface area contributed by atoms with Gasteiger partial charge in [-0.25, -0.2) is 4.68 Å². The number of ether oxygens (including phenoxy) is 1. The molecule has 8 heteroatoms. The summed E-state index contributed by atoms with van der Waals surface area (Å²) in [7, 11) is 0. The van der Waals surface area contributed by atoms with Gasteiger partial charge in [-0.15, -0.1) is 18.3 Å². The van der Waals surface area contributed by atoms with Crippen LogP contribution in [0.5, 0.6) is 5.75 Å². The fourth-order valence-corrected chi connectivity index (χ4v) is 1.43. The molecule has 1 heterocycles. The summed E-state index contributed by atoms with van der Waals surface area (Å²) >= 11 is 0. The van der Waals surface area contributed by atoms with Crippen LogP contribution >= 0.6 is 0 Å². The normalized spacial score (nSPS) is 11.3. The van der Waals surface area contributed by atoms with Gasteiger partial charge < -0.3 is 4.74 Å². The van der Waals surface area contributed by atoms with Crippen molar-refractivity contribution in [3.05, 3.63) is 41.7 Å². The van der Waals surface area contributed by atoms with Crippen molar-refractivity contribution in [1.82, 2.24) is 15.0 Å². The van der Waals surface area contributed by atoms with Crippen molar-refractivity contribution >= 4 is 6.29 Å². The molecule has 1 aromatic heterocycles. The molecule has 2 rings (SSSR count). The Morgan fingerprint density at radius 3 is 2.47 bits per heavy atom. The molecule has 0 saturated heterocycles. The van der Waals surface area contributed by atoms with E-state index in [4.69, 9.17) is 0 Å². The molecule has 0 spiro atoms. The lowest BCUT2D eigenvalue weighted by atomic mass is 10.2. The number of hydrogen-bond donors (Lipinski definition) is 0. The number of alkyl halides is 3. The number of rotatable bonds is 4. The Kier molecular flexibility index (Phi) is 3.50. The highest BCUT2D eigenvalue weighted by atomic mass is 19.4. The third-order valence-electron chi connectivity index (χ3n) is 2.18. The van der Waals surface area contributed by atoms with E-state index in [9.17, 15) is 18.0 Å². The number of aldehydes is 1. The summed E-state index contributed by atoms with van der Waals surface area (Å²) in [5.41, 5.74) is 0.897. The summed E-state index contributed by atoms with van der Waals surface area (Å²) in [5.74, 6) is -0.288. The van der Waals surface area contributed by atoms with Crippen molar-refractivity contribution in [1.29, 1.82) is 0 Å². The molecule has 0 aliphatic carbocycles. The van der Waals surface area contributed by atoms with Gasteiger partial charge in [-0.05, 0) is 17.7 Å². The van der Waals surface area contributed by atoms with Gasteiger partial charge in [-0.3, -0.25) is 4.79 Å². The molecule has 0 saturated carbocycles. The van der Waals surface area contributed by atoms with Crippen LogP contribution in [0.25, 0.3) is 0 Å². The number of halogens is 3. The van der Waals surface area contributed by atoms with Crippen LogP contribution in [-0.4, -0.2) is 27.6 Å². The van der Waals surface area contributed by atoms with Crippen molar-refractivity contribution < 1.29 is 22.7 Å². The van der Waals surface area contributed by atoms with Gasteiger partial charge in [0.05, 0.1) is 12.7 Å². The molecule has 0 N–H and O–H groups in total. The Labute approximate surface area is 105 Å². The molecule has 0 radical (unpaired) electrons. The number of aromatic nitrogens is 3. The van der Waals surface area contributed by atoms with Gasteiger partial charge in [0.15, 0.2) is 6.29 Å². The predicted octanol–water partition coefficient (Wildman–Crippen LogP) is 2.04. The Bertz CT molecular complexity index is 563. The molecule has 0 atom stereocenters. The van der Waals surface area contributed by atoms with Crippen LogP contribution in [0.3, 0.4) is 0 Å². The minimum absolute atomic E-state index is 0.192. The minimum Gasteiger partial charge on any atom is -0.406 e. The van der Waals surface area contributed by atoms with Crippen LogP contribution < -0.4 is 4.74 Å². The molecular weight excluding hydrogens is 263 g/mol. The first-order valence-electron chi connectivity index (χ1n) is 5.16. The first-order valence-corrected chi connectivity index (χ1v) is 5.16. The molecule has 2 aromatic rings. The molecule has 0 unspecified atom stereocenters. The van der Waals surface area contributed by atoms with Gasteiger partial charge in [0, 0.05) is 0 Å². The second-order valence-electron chi connectivity index (χ2n) is 3.65. The molecule has 0 aliphatic heterocycles. The smallest absolute Gasteiger partial charge is 0.406 e. The highest BCUT2D eigenvalue weighted by Crippen LogP contribution is 2.22. The molecule has 0 fully saturated rings. The van der Waals surface area contributed by atoms with Crippen molar-refractivity contribution in [2.24, 2.45) is 0 Å². The maximum atomic E-state index is 12.0. The quantitative estimate of drug-likeness (QED) is 0.798. The molecule has 19 heavy (non-hydrogen) atoms. The number of benzene rings is 1. The topological polar surface area (TPSA) is 57.0 Å². The second-order valence-corrected chi connectivity index (χ2v) is 3.65. The maximum Gasteiger partial charge on any atom is 0.573 e. The van der Waals surface area contributed by atoms with Crippen LogP contribution in [0.15, 0.2) is 30.5 Å². The third kappa shape index (κ3) is 3.80. The SMILES string of the molecule is O=Cc1cn(Cc2ccc(OC(F)(F)F)cc2)nn1. The van der Waals surface area contributed by atoms with E-state index in [0.717, 1.165) is 0 Å². The van der Waals surface area contributed by atoms with E-state index in [2.05, 4.69) is 15.0 Å². The Balaban J connectivity index is 2.04. The summed E-state index contributed by atoms with van der Waals surface area (Å²) in [6, 6.07) is 5.37. The van der Waals surface area contributed by atoms with E-state index < -0.39 is 6.36 Å². The fourth-order valence-electron chi connectivity index (χ4n) is 1.43. The van der Waals surface area contributed by atoms with Crippen LogP contribution in [0.1, 0.15) is 16.1 Å². The summed E-state index contributed by atoms with van der Waals surface area (Å²) in [6.45, 7) is 0.299. The third-order valence-corrected chi connectivity index (χ3v) is 2.18.